The van der Waals surface area contributed by atoms with Crippen molar-refractivity contribution in [2.24, 2.45) is 0 Å². The number of para-hydroxylation sites is 1. The topological polar surface area (TPSA) is 77.1 Å². The molecule has 0 N–H and O–H groups in total. The van der Waals surface area contributed by atoms with Crippen LogP contribution in [0.15, 0.2) is 59.6 Å². The van der Waals surface area contributed by atoms with Crippen LogP contribution < -0.4 is 0 Å². The second-order valence-electron chi connectivity index (χ2n) is 5.49. The molecule has 0 fully saturated rings. The van der Waals surface area contributed by atoms with Crippen LogP contribution >= 0.6 is 11.3 Å². The zero-order chi connectivity index (χ0) is 19.1. The Morgan fingerprint density at radius 3 is 2.74 bits per heavy atom. The number of rotatable bonds is 7. The summed E-state index contributed by atoms with van der Waals surface area (Å²) in [5, 5.41) is 16.0. The summed E-state index contributed by atoms with van der Waals surface area (Å²) >= 11 is 1.54. The number of hydrogen-bond acceptors (Lipinski definition) is 6. The van der Waals surface area contributed by atoms with Crippen LogP contribution in [0.5, 0.6) is 0 Å². The minimum atomic E-state index is -0.681. The lowest BCUT2D eigenvalue weighted by Crippen LogP contribution is -2.11. The molecule has 3 aromatic rings. The molecule has 0 saturated heterocycles. The molecule has 0 saturated carbocycles. The molecular formula is C20H17N3O3S. The summed E-state index contributed by atoms with van der Waals surface area (Å²) in [6.07, 6.45) is 3.31. The molecule has 0 atom stereocenters. The van der Waals surface area contributed by atoms with Gasteiger partial charge in [0.15, 0.2) is 0 Å². The average molecular weight is 379 g/mol. The fourth-order valence-corrected chi connectivity index (χ4v) is 3.13. The lowest BCUT2D eigenvalue weighted by molar-refractivity contribution is -0.139. The van der Waals surface area contributed by atoms with Crippen molar-refractivity contribution in [3.63, 3.8) is 0 Å². The smallest absolute Gasteiger partial charge is 0.348 e. The van der Waals surface area contributed by atoms with Crippen molar-refractivity contribution in [3.8, 4) is 22.3 Å². The van der Waals surface area contributed by atoms with Gasteiger partial charge in [0.2, 0.25) is 0 Å². The first kappa shape index (κ1) is 18.6. The Kier molecular flexibility index (Phi) is 6.15. The van der Waals surface area contributed by atoms with Gasteiger partial charge in [-0.3, -0.25) is 0 Å². The molecular weight excluding hydrogens is 362 g/mol. The third-order valence-electron chi connectivity index (χ3n) is 3.68. The molecule has 6 nitrogen and oxygen atoms in total. The van der Waals surface area contributed by atoms with Gasteiger partial charge in [0.1, 0.15) is 23.9 Å². The second kappa shape index (κ2) is 8.94. The number of ether oxygens (including phenoxy) is 2. The van der Waals surface area contributed by atoms with E-state index >= 15 is 0 Å². The Hall–Kier alpha value is -3.21. The Bertz CT molecular complexity index is 970. The first-order valence-electron chi connectivity index (χ1n) is 8.19. The van der Waals surface area contributed by atoms with Gasteiger partial charge in [0.25, 0.3) is 0 Å². The monoisotopic (exact) mass is 379 g/mol. The molecule has 2 aromatic heterocycles. The molecule has 0 spiro atoms. The number of thiophene rings is 1. The first-order chi connectivity index (χ1) is 13.2. The van der Waals surface area contributed by atoms with E-state index in [1.54, 1.807) is 10.9 Å². The number of hydrogen-bond donors (Lipinski definition) is 0. The first-order valence-corrected chi connectivity index (χ1v) is 9.07. The number of aromatic nitrogens is 2. The summed E-state index contributed by atoms with van der Waals surface area (Å²) in [6, 6.07) is 15.4. The average Bonchev–Trinajstić information content (AvgIpc) is 3.36. The Morgan fingerprint density at radius 1 is 1.26 bits per heavy atom. The SMILES string of the molecule is COCCOC(=O)/C(C#N)=C/c1cn(-c2ccccc2)nc1-c1cccs1. The molecule has 7 heteroatoms. The van der Waals surface area contributed by atoms with Gasteiger partial charge in [0.05, 0.1) is 17.2 Å². The number of carbonyl (C=O) groups is 1. The lowest BCUT2D eigenvalue weighted by atomic mass is 10.1. The molecule has 0 unspecified atom stereocenters. The predicted octanol–water partition coefficient (Wildman–Crippen LogP) is 3.70. The summed E-state index contributed by atoms with van der Waals surface area (Å²) in [6.45, 7) is 0.367. The fourth-order valence-electron chi connectivity index (χ4n) is 2.40. The van der Waals surface area contributed by atoms with Crippen LogP contribution in [0.4, 0.5) is 0 Å². The van der Waals surface area contributed by atoms with Crippen LogP contribution in [-0.4, -0.2) is 36.1 Å². The molecule has 0 aliphatic rings. The number of nitriles is 1. The van der Waals surface area contributed by atoms with E-state index in [1.807, 2.05) is 53.9 Å². The molecule has 0 amide bonds. The van der Waals surface area contributed by atoms with Gasteiger partial charge in [-0.1, -0.05) is 24.3 Å². The normalized spacial score (nSPS) is 11.2. The number of methoxy groups -OCH3 is 1. The third-order valence-corrected chi connectivity index (χ3v) is 4.56. The van der Waals surface area contributed by atoms with E-state index in [-0.39, 0.29) is 18.8 Å². The maximum atomic E-state index is 12.1. The number of esters is 1. The van der Waals surface area contributed by atoms with Gasteiger partial charge in [-0.25, -0.2) is 9.48 Å². The number of benzene rings is 1. The summed E-state index contributed by atoms with van der Waals surface area (Å²) < 4.78 is 11.6. The molecule has 0 bridgehead atoms. The number of nitrogens with zero attached hydrogens (tertiary/aromatic N) is 3. The van der Waals surface area contributed by atoms with Gasteiger partial charge >= 0.3 is 5.97 Å². The highest BCUT2D eigenvalue weighted by atomic mass is 32.1. The van der Waals surface area contributed by atoms with E-state index in [1.165, 1.54) is 24.5 Å². The van der Waals surface area contributed by atoms with Gasteiger partial charge in [-0.15, -0.1) is 11.3 Å². The maximum absolute atomic E-state index is 12.1. The van der Waals surface area contributed by atoms with Crippen LogP contribution in [0, 0.1) is 11.3 Å². The van der Waals surface area contributed by atoms with Crippen LogP contribution in [-0.2, 0) is 14.3 Å². The highest BCUT2D eigenvalue weighted by molar-refractivity contribution is 7.13. The van der Waals surface area contributed by atoms with Gasteiger partial charge < -0.3 is 9.47 Å². The van der Waals surface area contributed by atoms with E-state index in [4.69, 9.17) is 9.47 Å². The molecule has 3 rings (SSSR count). The van der Waals surface area contributed by atoms with Crippen molar-refractivity contribution in [1.82, 2.24) is 9.78 Å². The summed E-state index contributed by atoms with van der Waals surface area (Å²) in [4.78, 5) is 13.1. The summed E-state index contributed by atoms with van der Waals surface area (Å²) in [5.41, 5.74) is 2.17. The Morgan fingerprint density at radius 2 is 2.07 bits per heavy atom. The summed E-state index contributed by atoms with van der Waals surface area (Å²) in [5.74, 6) is -0.681. The largest absolute Gasteiger partial charge is 0.459 e. The zero-order valence-electron chi connectivity index (χ0n) is 14.7. The minimum Gasteiger partial charge on any atom is -0.459 e. The van der Waals surface area contributed by atoms with E-state index in [2.05, 4.69) is 5.10 Å². The molecule has 27 heavy (non-hydrogen) atoms. The molecule has 1 aromatic carbocycles. The fraction of sp³-hybridized carbons (Fsp3) is 0.150. The predicted molar refractivity (Wildman–Crippen MR) is 103 cm³/mol. The Balaban J connectivity index is 1.99. The van der Waals surface area contributed by atoms with Crippen molar-refractivity contribution >= 4 is 23.4 Å². The highest BCUT2D eigenvalue weighted by Crippen LogP contribution is 2.29. The van der Waals surface area contributed by atoms with Crippen LogP contribution in [0.2, 0.25) is 0 Å². The molecule has 136 valence electrons. The van der Waals surface area contributed by atoms with Crippen molar-refractivity contribution in [2.75, 3.05) is 20.3 Å². The van der Waals surface area contributed by atoms with Crippen LogP contribution in [0.1, 0.15) is 5.56 Å². The zero-order valence-corrected chi connectivity index (χ0v) is 15.5. The van der Waals surface area contributed by atoms with Crippen molar-refractivity contribution < 1.29 is 14.3 Å². The van der Waals surface area contributed by atoms with Crippen molar-refractivity contribution in [1.29, 1.82) is 5.26 Å². The standard InChI is InChI=1S/C20H17N3O3S/c1-25-9-10-26-20(24)15(13-21)12-16-14-23(17-6-3-2-4-7-17)22-19(16)18-8-5-11-27-18/h2-8,11-12,14H,9-10H2,1H3/b15-12+. The van der Waals surface area contributed by atoms with Crippen molar-refractivity contribution in [3.05, 3.63) is 65.2 Å². The Labute approximate surface area is 160 Å². The maximum Gasteiger partial charge on any atom is 0.348 e. The summed E-state index contributed by atoms with van der Waals surface area (Å²) in [7, 11) is 1.51. The number of carbonyl (C=O) groups excluding carboxylic acids is 1. The van der Waals surface area contributed by atoms with Gasteiger partial charge in [-0.2, -0.15) is 10.4 Å². The highest BCUT2D eigenvalue weighted by Gasteiger charge is 2.16. The lowest BCUT2D eigenvalue weighted by Gasteiger charge is -2.02. The van der Waals surface area contributed by atoms with Crippen LogP contribution in [0.3, 0.4) is 0 Å². The second-order valence-corrected chi connectivity index (χ2v) is 6.44. The van der Waals surface area contributed by atoms with E-state index in [9.17, 15) is 10.1 Å². The molecule has 0 aliphatic carbocycles. The van der Waals surface area contributed by atoms with Gasteiger partial charge in [-0.05, 0) is 29.7 Å². The molecule has 0 radical (unpaired) electrons. The third kappa shape index (κ3) is 4.50. The van der Waals surface area contributed by atoms with E-state index in [0.717, 1.165) is 10.6 Å². The van der Waals surface area contributed by atoms with E-state index < -0.39 is 5.97 Å². The molecule has 0 aliphatic heterocycles. The minimum absolute atomic E-state index is 0.0866. The van der Waals surface area contributed by atoms with Gasteiger partial charge in [0, 0.05) is 18.9 Å². The van der Waals surface area contributed by atoms with E-state index in [0.29, 0.717) is 11.3 Å². The quantitative estimate of drug-likeness (QED) is 0.271. The molecule has 2 heterocycles. The van der Waals surface area contributed by atoms with Crippen LogP contribution in [0.25, 0.3) is 22.3 Å². The van der Waals surface area contributed by atoms with Crippen molar-refractivity contribution in [2.45, 2.75) is 0 Å².